The van der Waals surface area contributed by atoms with E-state index in [0.717, 1.165) is 0 Å². The molecule has 6 aromatic rings. The van der Waals surface area contributed by atoms with Gasteiger partial charge in [-0.15, -0.1) is 5.73 Å². The predicted molar refractivity (Wildman–Crippen MR) is 171 cm³/mol. The van der Waals surface area contributed by atoms with E-state index in [4.69, 9.17) is 0 Å². The minimum atomic E-state index is -0.973. The monoisotopic (exact) mass is 614 g/mol. The Balaban J connectivity index is 1.51. The van der Waals surface area contributed by atoms with Gasteiger partial charge in [0.25, 0.3) is 5.78 Å². The zero-order valence-electron chi connectivity index (χ0n) is 24.6. The third kappa shape index (κ3) is 6.48. The maximum absolute atomic E-state index is 14.1. The number of carbonyl (C=O) groups is 4. The van der Waals surface area contributed by atoms with Crippen molar-refractivity contribution in [2.45, 2.75) is 0 Å². The average Bonchev–Trinajstić information content (AvgIpc) is 3.15. The Morgan fingerprint density at radius 1 is 0.362 bits per heavy atom. The molecular weight excluding hydrogens is 592 g/mol. The van der Waals surface area contributed by atoms with Crippen molar-refractivity contribution in [3.05, 3.63) is 191 Å². The molecule has 0 radical (unpaired) electrons. The summed E-state index contributed by atoms with van der Waals surface area (Å²) in [6.07, 6.45) is 0. The molecule has 0 aliphatic rings. The predicted octanol–water partition coefficient (Wildman–Crippen LogP) is 5.20. The molecule has 2 heterocycles. The first-order valence-corrected chi connectivity index (χ1v) is 14.2. The van der Waals surface area contributed by atoms with Crippen LogP contribution in [0.1, 0.15) is 76.4 Å². The van der Waals surface area contributed by atoms with E-state index in [9.17, 15) is 19.2 Å². The molecule has 0 amide bonds. The Morgan fingerprint density at radius 2 is 0.617 bits per heavy atom. The molecule has 0 atom stereocenters. The summed E-state index contributed by atoms with van der Waals surface area (Å²) in [4.78, 5) is 79.9. The van der Waals surface area contributed by atoms with Gasteiger partial charge in [-0.25, -0.2) is 29.9 Å². The summed E-state index contributed by atoms with van der Waals surface area (Å²) in [5, 5.41) is 0. The van der Waals surface area contributed by atoms with Gasteiger partial charge < -0.3 is 0 Å². The third-order valence-electron chi connectivity index (χ3n) is 6.86. The van der Waals surface area contributed by atoms with Gasteiger partial charge in [0.2, 0.25) is 46.5 Å². The second kappa shape index (κ2) is 13.4. The molecule has 4 aromatic carbocycles. The zero-order valence-corrected chi connectivity index (χ0v) is 24.6. The van der Waals surface area contributed by atoms with Crippen LogP contribution in [0.5, 0.6) is 0 Å². The van der Waals surface area contributed by atoms with Crippen molar-refractivity contribution in [3.8, 4) is 0 Å². The van der Waals surface area contributed by atoms with Gasteiger partial charge in [0, 0.05) is 16.7 Å². The second-order valence-corrected chi connectivity index (χ2v) is 9.94. The van der Waals surface area contributed by atoms with Crippen LogP contribution in [-0.2, 0) is 0 Å². The van der Waals surface area contributed by atoms with Crippen LogP contribution in [0.3, 0.4) is 0 Å². The van der Waals surface area contributed by atoms with Crippen LogP contribution < -0.4 is 0 Å². The molecule has 0 unspecified atom stereocenters. The van der Waals surface area contributed by atoms with Crippen molar-refractivity contribution in [1.82, 2.24) is 29.9 Å². The lowest BCUT2D eigenvalue weighted by molar-refractivity contribution is 0.101. The number of rotatable bonds is 10. The second-order valence-electron chi connectivity index (χ2n) is 9.94. The Bertz CT molecular complexity index is 2130. The molecule has 0 aliphatic heterocycles. The number of carbonyl (C=O) groups excluding carboxylic acids is 4. The van der Waals surface area contributed by atoms with Gasteiger partial charge in [0.15, 0.2) is 5.82 Å². The minimum Gasteiger partial charge on any atom is -0.285 e. The van der Waals surface area contributed by atoms with Crippen molar-refractivity contribution in [2.75, 3.05) is 0 Å². The number of nitrogens with zero attached hydrogens (tertiary/aromatic N) is 6. The van der Waals surface area contributed by atoms with Crippen molar-refractivity contribution in [2.24, 2.45) is 0 Å². The Morgan fingerprint density at radius 3 is 0.915 bits per heavy atom. The average molecular weight is 615 g/mol. The summed E-state index contributed by atoms with van der Waals surface area (Å²) < 4.78 is 0. The fourth-order valence-corrected chi connectivity index (χ4v) is 4.54. The highest BCUT2D eigenvalue weighted by atomic mass is 16.1. The third-order valence-corrected chi connectivity index (χ3v) is 6.86. The molecule has 0 spiro atoms. The van der Waals surface area contributed by atoms with Gasteiger partial charge in [-0.05, 0) is 5.56 Å². The van der Waals surface area contributed by atoms with E-state index >= 15 is 0 Å². The molecule has 0 saturated heterocycles. The van der Waals surface area contributed by atoms with Crippen molar-refractivity contribution >= 4 is 28.7 Å². The lowest BCUT2D eigenvalue weighted by atomic mass is 10.1. The van der Waals surface area contributed by atoms with Gasteiger partial charge in [-0.3, -0.25) is 19.2 Å². The molecule has 0 aliphatic carbocycles. The first-order chi connectivity index (χ1) is 22.9. The largest absolute Gasteiger partial charge is 0.285 e. The van der Waals surface area contributed by atoms with Gasteiger partial charge in [-0.1, -0.05) is 128 Å². The van der Waals surface area contributed by atoms with Crippen LogP contribution in [0.4, 0.5) is 0 Å². The maximum Gasteiger partial charge on any atom is 0.267 e. The molecule has 0 bridgehead atoms. The fraction of sp³-hybridized carbons (Fsp3) is 0. The van der Waals surface area contributed by atoms with Crippen LogP contribution in [0.2, 0.25) is 0 Å². The van der Waals surface area contributed by atoms with Crippen molar-refractivity contribution in [3.63, 3.8) is 0 Å². The number of aromatic nitrogens is 6. The van der Waals surface area contributed by atoms with Crippen LogP contribution >= 0.6 is 0 Å². The SMILES string of the molecule is C=C=C(c1ccccc1)c1nc(C(=O)c2ccccc2)nc(C(=O)c2nc(C(=O)c3ccccc3)nc(C(=O)c3ccccc3)n2)n1. The molecule has 47 heavy (non-hydrogen) atoms. The Kier molecular flexibility index (Phi) is 8.59. The van der Waals surface area contributed by atoms with E-state index < -0.39 is 46.4 Å². The zero-order chi connectivity index (χ0) is 32.8. The Hall–Kier alpha value is -6.90. The van der Waals surface area contributed by atoms with E-state index in [-0.39, 0.29) is 28.3 Å². The summed E-state index contributed by atoms with van der Waals surface area (Å²) in [7, 11) is 0. The number of hydrogen-bond acceptors (Lipinski definition) is 10. The minimum absolute atomic E-state index is 0.0564. The topological polar surface area (TPSA) is 146 Å². The van der Waals surface area contributed by atoms with Gasteiger partial charge in [0.1, 0.15) is 0 Å². The van der Waals surface area contributed by atoms with E-state index in [1.165, 1.54) is 0 Å². The summed E-state index contributed by atoms with van der Waals surface area (Å²) in [5.74, 6) is -5.14. The number of ketones is 4. The van der Waals surface area contributed by atoms with Crippen LogP contribution in [0.15, 0.2) is 134 Å². The van der Waals surface area contributed by atoms with E-state index in [1.54, 1.807) is 115 Å². The molecule has 0 fully saturated rings. The molecule has 0 saturated carbocycles. The van der Waals surface area contributed by atoms with Crippen LogP contribution in [0, 0.1) is 0 Å². The summed E-state index contributed by atoms with van der Waals surface area (Å²) in [6, 6.07) is 33.5. The number of benzene rings is 4. The summed E-state index contributed by atoms with van der Waals surface area (Å²) in [6.45, 7) is 3.76. The Labute approximate surface area is 268 Å². The molecule has 10 nitrogen and oxygen atoms in total. The summed E-state index contributed by atoms with van der Waals surface area (Å²) in [5.41, 5.74) is 4.46. The fourth-order valence-electron chi connectivity index (χ4n) is 4.54. The number of hydrogen-bond donors (Lipinski definition) is 0. The highest BCUT2D eigenvalue weighted by Crippen LogP contribution is 2.21. The highest BCUT2D eigenvalue weighted by Gasteiger charge is 2.27. The molecule has 2 aromatic heterocycles. The molecular formula is C37H22N6O4. The van der Waals surface area contributed by atoms with Gasteiger partial charge in [0.05, 0.1) is 5.57 Å². The van der Waals surface area contributed by atoms with E-state index in [0.29, 0.717) is 11.1 Å². The van der Waals surface area contributed by atoms with Crippen molar-refractivity contribution in [1.29, 1.82) is 0 Å². The molecule has 10 heteroatoms. The van der Waals surface area contributed by atoms with Gasteiger partial charge in [-0.2, -0.15) is 0 Å². The smallest absolute Gasteiger partial charge is 0.267 e. The molecule has 0 N–H and O–H groups in total. The lowest BCUT2D eigenvalue weighted by Crippen LogP contribution is -2.22. The normalized spacial score (nSPS) is 10.5. The quantitative estimate of drug-likeness (QED) is 0.149. The first-order valence-electron chi connectivity index (χ1n) is 14.2. The van der Waals surface area contributed by atoms with E-state index in [2.05, 4.69) is 42.2 Å². The molecule has 6 rings (SSSR count). The van der Waals surface area contributed by atoms with Crippen LogP contribution in [0.25, 0.3) is 5.57 Å². The highest BCUT2D eigenvalue weighted by molar-refractivity contribution is 6.12. The standard InChI is InChI=1S/C37H22N6O4/c1-2-27(23-15-7-3-8-16-23)32-38-33(28(44)24-17-9-4-10-18-24)41-36(39-32)31(47)37-42-34(29(45)25-19-11-5-12-20-25)40-35(43-37)30(46)26-21-13-6-14-22-26/h3-22H,1H2. The summed E-state index contributed by atoms with van der Waals surface area (Å²) >= 11 is 0. The lowest BCUT2D eigenvalue weighted by Gasteiger charge is -2.09. The maximum atomic E-state index is 14.1. The van der Waals surface area contributed by atoms with Crippen LogP contribution in [-0.4, -0.2) is 53.0 Å². The van der Waals surface area contributed by atoms with Crippen molar-refractivity contribution < 1.29 is 19.2 Å². The van der Waals surface area contributed by atoms with E-state index in [1.807, 2.05) is 6.07 Å². The molecule has 224 valence electrons. The first kappa shape index (κ1) is 30.1. The van der Waals surface area contributed by atoms with Gasteiger partial charge >= 0.3 is 0 Å².